The molecule has 1 saturated heterocycles. The van der Waals surface area contributed by atoms with Crippen LogP contribution in [0.5, 0.6) is 0 Å². The van der Waals surface area contributed by atoms with E-state index < -0.39 is 29.8 Å². The molecule has 0 bridgehead atoms. The second-order valence-corrected chi connectivity index (χ2v) is 12.2. The Morgan fingerprint density at radius 3 is 2.15 bits per heavy atom. The largest absolute Gasteiger partial charge is 0.416 e. The quantitative estimate of drug-likeness (QED) is 0.150. The van der Waals surface area contributed by atoms with Crippen LogP contribution in [0, 0.1) is 5.92 Å². The molecule has 5 nitrogen and oxygen atoms in total. The molecule has 1 heterocycles. The number of nitrogens with zero attached hydrogens (tertiary/aromatic N) is 1. The molecular weight excluding hydrogens is 603 g/mol. The van der Waals surface area contributed by atoms with Gasteiger partial charge in [0.25, 0.3) is 5.91 Å². The first-order valence-corrected chi connectivity index (χ1v) is 16.0. The number of hydrogen-bond donors (Lipinski definition) is 1. The summed E-state index contributed by atoms with van der Waals surface area (Å²) in [5.74, 6) is -1.08. The van der Waals surface area contributed by atoms with Gasteiger partial charge in [-0.25, -0.2) is 0 Å². The van der Waals surface area contributed by atoms with Crippen LogP contribution in [0.2, 0.25) is 0 Å². The van der Waals surface area contributed by atoms with Crippen molar-refractivity contribution in [2.75, 3.05) is 6.54 Å². The molecule has 0 spiro atoms. The van der Waals surface area contributed by atoms with E-state index in [0.29, 0.717) is 67.3 Å². The highest BCUT2D eigenvalue weighted by molar-refractivity contribution is 6.05. The topological polar surface area (TPSA) is 74.7 Å². The van der Waals surface area contributed by atoms with Crippen LogP contribution < -0.4 is 0 Å². The number of aliphatic hydroxyl groups is 1. The number of Topliss-reactive ketones (excluding diaryl/α,β-unsaturated/α-hetero) is 2. The molecular formula is C39H38F3NO4. The minimum Gasteiger partial charge on any atom is -0.393 e. The number of amides is 1. The van der Waals surface area contributed by atoms with Gasteiger partial charge in [-0.3, -0.25) is 14.4 Å². The van der Waals surface area contributed by atoms with E-state index in [9.17, 15) is 32.7 Å². The van der Waals surface area contributed by atoms with E-state index in [-0.39, 0.29) is 23.9 Å². The first-order valence-electron chi connectivity index (χ1n) is 16.0. The van der Waals surface area contributed by atoms with Crippen LogP contribution >= 0.6 is 0 Å². The van der Waals surface area contributed by atoms with E-state index in [4.69, 9.17) is 0 Å². The fourth-order valence-corrected chi connectivity index (χ4v) is 6.34. The summed E-state index contributed by atoms with van der Waals surface area (Å²) >= 11 is 0. The lowest BCUT2D eigenvalue weighted by Crippen LogP contribution is -2.40. The normalized spacial score (nSPS) is 16.1. The Balaban J connectivity index is 1.27. The summed E-state index contributed by atoms with van der Waals surface area (Å²) in [6, 6.07) is 29.6. The molecule has 0 aliphatic carbocycles. The van der Waals surface area contributed by atoms with Crippen LogP contribution in [0.25, 0.3) is 0 Å². The number of hydrogen-bond acceptors (Lipinski definition) is 4. The highest BCUT2D eigenvalue weighted by Crippen LogP contribution is 2.30. The van der Waals surface area contributed by atoms with Gasteiger partial charge in [-0.1, -0.05) is 91.0 Å². The minimum absolute atomic E-state index is 0.0239. The fraction of sp³-hybridized carbons (Fsp3) is 0.308. The van der Waals surface area contributed by atoms with Crippen LogP contribution in [0.3, 0.4) is 0 Å². The van der Waals surface area contributed by atoms with Gasteiger partial charge in [-0.2, -0.15) is 13.2 Å². The van der Waals surface area contributed by atoms with E-state index >= 15 is 0 Å². The molecule has 4 aromatic rings. The van der Waals surface area contributed by atoms with Gasteiger partial charge in [0.1, 0.15) is 0 Å². The third kappa shape index (κ3) is 8.83. The summed E-state index contributed by atoms with van der Waals surface area (Å²) in [5, 5.41) is 11.3. The molecule has 244 valence electrons. The predicted octanol–water partition coefficient (Wildman–Crippen LogP) is 8.01. The van der Waals surface area contributed by atoms with E-state index in [2.05, 4.69) is 0 Å². The summed E-state index contributed by atoms with van der Waals surface area (Å²) in [5.41, 5.74) is 2.01. The van der Waals surface area contributed by atoms with Crippen molar-refractivity contribution < 1.29 is 32.7 Å². The maximum atomic E-state index is 13.6. The number of benzene rings is 4. The van der Waals surface area contributed by atoms with Crippen molar-refractivity contribution >= 4 is 17.5 Å². The number of ketones is 2. The maximum Gasteiger partial charge on any atom is 0.416 e. The van der Waals surface area contributed by atoms with Crippen LogP contribution in [-0.4, -0.2) is 46.2 Å². The van der Waals surface area contributed by atoms with Gasteiger partial charge in [0.05, 0.1) is 17.7 Å². The zero-order chi connectivity index (χ0) is 33.4. The predicted molar refractivity (Wildman–Crippen MR) is 174 cm³/mol. The van der Waals surface area contributed by atoms with Crippen LogP contribution in [0.1, 0.15) is 79.9 Å². The van der Waals surface area contributed by atoms with Crippen molar-refractivity contribution in [1.82, 2.24) is 4.90 Å². The van der Waals surface area contributed by atoms with Gasteiger partial charge in [0.15, 0.2) is 11.6 Å². The summed E-state index contributed by atoms with van der Waals surface area (Å²) in [6.07, 6.45) is -2.43. The standard InChI is InChI=1S/C39H38F3NO4/c40-39(41,42)33-19-7-13-28(24-33)14-8-21-35(44)32(23-27-11-3-1-4-12-27)26-36(45)30-17-9-18-31(25-30)38(47)43-22-10-20-34(43)37(46)29-15-5-2-6-16-29/h1-7,9,11-13,15-19,24-25,32,34-35,44H,8,10,14,20-23,26H2/t32-,34?,35-/m1/s1. The summed E-state index contributed by atoms with van der Waals surface area (Å²) in [6.45, 7) is 0.450. The Hall–Kier alpha value is -4.56. The molecule has 3 atom stereocenters. The Kier molecular flexibility index (Phi) is 11.0. The number of likely N-dealkylation sites (tertiary alicyclic amines) is 1. The number of rotatable bonds is 13. The Morgan fingerprint density at radius 2 is 1.43 bits per heavy atom. The van der Waals surface area contributed by atoms with Crippen molar-refractivity contribution in [3.05, 3.63) is 143 Å². The minimum atomic E-state index is -4.42. The van der Waals surface area contributed by atoms with E-state index in [1.165, 1.54) is 6.07 Å². The lowest BCUT2D eigenvalue weighted by molar-refractivity contribution is -0.137. The molecule has 8 heteroatoms. The highest BCUT2D eigenvalue weighted by Gasteiger charge is 2.35. The van der Waals surface area contributed by atoms with Gasteiger partial charge < -0.3 is 10.0 Å². The molecule has 1 N–H and O–H groups in total. The Labute approximate surface area is 273 Å². The van der Waals surface area contributed by atoms with Crippen LogP contribution in [0.4, 0.5) is 13.2 Å². The number of alkyl halides is 3. The maximum absolute atomic E-state index is 13.6. The summed E-state index contributed by atoms with van der Waals surface area (Å²) in [4.78, 5) is 42.0. The highest BCUT2D eigenvalue weighted by atomic mass is 19.4. The van der Waals surface area contributed by atoms with Gasteiger partial charge in [0, 0.05) is 29.7 Å². The molecule has 0 aromatic heterocycles. The second kappa shape index (κ2) is 15.4. The Bertz CT molecular complexity index is 1670. The van der Waals surface area contributed by atoms with E-state index in [1.807, 2.05) is 36.4 Å². The monoisotopic (exact) mass is 641 g/mol. The smallest absolute Gasteiger partial charge is 0.393 e. The first-order chi connectivity index (χ1) is 22.6. The average molecular weight is 642 g/mol. The van der Waals surface area contributed by atoms with Crippen molar-refractivity contribution in [3.8, 4) is 0 Å². The molecule has 0 saturated carbocycles. The van der Waals surface area contributed by atoms with Gasteiger partial charge in [-0.15, -0.1) is 0 Å². The van der Waals surface area contributed by atoms with E-state index in [0.717, 1.165) is 17.7 Å². The molecule has 1 aliphatic rings. The lowest BCUT2D eigenvalue weighted by atomic mass is 9.85. The lowest BCUT2D eigenvalue weighted by Gasteiger charge is -2.24. The average Bonchev–Trinajstić information content (AvgIpc) is 3.58. The molecule has 47 heavy (non-hydrogen) atoms. The Morgan fingerprint density at radius 1 is 0.787 bits per heavy atom. The van der Waals surface area contributed by atoms with Crippen LogP contribution in [-0.2, 0) is 19.0 Å². The molecule has 0 radical (unpaired) electrons. The number of carbonyl (C=O) groups is 3. The first kappa shape index (κ1) is 33.8. The van der Waals surface area contributed by atoms with Crippen molar-refractivity contribution in [1.29, 1.82) is 0 Å². The second-order valence-electron chi connectivity index (χ2n) is 12.2. The molecule has 1 amide bonds. The molecule has 5 rings (SSSR count). The summed E-state index contributed by atoms with van der Waals surface area (Å²) < 4.78 is 39.4. The number of halogens is 3. The van der Waals surface area contributed by atoms with Crippen molar-refractivity contribution in [2.24, 2.45) is 5.92 Å². The number of aryl methyl sites for hydroxylation is 1. The third-order valence-corrected chi connectivity index (χ3v) is 8.86. The van der Waals surface area contributed by atoms with Gasteiger partial charge in [0.2, 0.25) is 0 Å². The van der Waals surface area contributed by atoms with E-state index in [1.54, 1.807) is 59.5 Å². The zero-order valence-corrected chi connectivity index (χ0v) is 26.0. The van der Waals surface area contributed by atoms with Gasteiger partial charge >= 0.3 is 6.18 Å². The number of aliphatic hydroxyl groups excluding tert-OH is 1. The third-order valence-electron chi connectivity index (χ3n) is 8.86. The zero-order valence-electron chi connectivity index (χ0n) is 26.0. The molecule has 1 unspecified atom stereocenters. The van der Waals surface area contributed by atoms with Crippen molar-refractivity contribution in [3.63, 3.8) is 0 Å². The molecule has 1 aliphatic heterocycles. The fourth-order valence-electron chi connectivity index (χ4n) is 6.34. The molecule has 4 aromatic carbocycles. The van der Waals surface area contributed by atoms with Gasteiger partial charge in [-0.05, 0) is 73.8 Å². The summed E-state index contributed by atoms with van der Waals surface area (Å²) in [7, 11) is 0. The van der Waals surface area contributed by atoms with Crippen LogP contribution in [0.15, 0.2) is 109 Å². The SMILES string of the molecule is O=C(C[C@@H](Cc1ccccc1)[C@H](O)CCCc1cccc(C(F)(F)F)c1)c1cccc(C(=O)N2CCCC2C(=O)c2ccccc2)c1. The van der Waals surface area contributed by atoms with Crippen molar-refractivity contribution in [2.45, 2.75) is 63.3 Å². The number of carbonyl (C=O) groups excluding carboxylic acids is 3. The molecule has 1 fully saturated rings.